The van der Waals surface area contributed by atoms with Gasteiger partial charge in [-0.3, -0.25) is 9.59 Å². The van der Waals surface area contributed by atoms with Crippen LogP contribution in [0.5, 0.6) is 0 Å². The van der Waals surface area contributed by atoms with Crippen molar-refractivity contribution in [1.82, 2.24) is 5.32 Å². The van der Waals surface area contributed by atoms with Crippen LogP contribution in [0.1, 0.15) is 52.0 Å². The highest BCUT2D eigenvalue weighted by Crippen LogP contribution is 2.10. The monoisotopic (exact) mass is 302 g/mol. The Morgan fingerprint density at radius 1 is 1.18 bits per heavy atom. The van der Waals surface area contributed by atoms with Crippen LogP contribution in [0.15, 0.2) is 30.3 Å². The van der Waals surface area contributed by atoms with Crippen LogP contribution in [0.3, 0.4) is 0 Å². The van der Waals surface area contributed by atoms with Gasteiger partial charge >= 0.3 is 0 Å². The lowest BCUT2D eigenvalue weighted by atomic mass is 10.1. The van der Waals surface area contributed by atoms with Gasteiger partial charge in [0.2, 0.25) is 11.8 Å². The van der Waals surface area contributed by atoms with Gasteiger partial charge in [0, 0.05) is 24.7 Å². The van der Waals surface area contributed by atoms with Gasteiger partial charge in [0.25, 0.3) is 0 Å². The summed E-state index contributed by atoms with van der Waals surface area (Å²) in [6, 6.07) is 7.55. The van der Waals surface area contributed by atoms with Crippen LogP contribution >= 0.6 is 0 Å². The molecule has 1 aromatic rings. The summed E-state index contributed by atoms with van der Waals surface area (Å²) >= 11 is 0. The molecule has 0 bridgehead atoms. The maximum absolute atomic E-state index is 11.8. The van der Waals surface area contributed by atoms with Gasteiger partial charge in [-0.1, -0.05) is 38.3 Å². The van der Waals surface area contributed by atoms with Crippen molar-refractivity contribution in [2.45, 2.75) is 52.5 Å². The van der Waals surface area contributed by atoms with Crippen LogP contribution in [-0.4, -0.2) is 17.9 Å². The number of hydrogen-bond acceptors (Lipinski definition) is 2. The molecule has 0 fully saturated rings. The summed E-state index contributed by atoms with van der Waals surface area (Å²) in [5.41, 5.74) is 1.67. The highest BCUT2D eigenvalue weighted by atomic mass is 16.2. The average Bonchev–Trinajstić information content (AvgIpc) is 2.46. The summed E-state index contributed by atoms with van der Waals surface area (Å²) in [5, 5.41) is 5.67. The van der Waals surface area contributed by atoms with Crippen LogP contribution in [0.4, 0.5) is 5.69 Å². The zero-order valence-electron chi connectivity index (χ0n) is 13.7. The minimum Gasteiger partial charge on any atom is -0.350 e. The fourth-order valence-corrected chi connectivity index (χ4v) is 2.12. The lowest BCUT2D eigenvalue weighted by Crippen LogP contribution is -2.30. The van der Waals surface area contributed by atoms with Gasteiger partial charge in [-0.05, 0) is 37.1 Å². The summed E-state index contributed by atoms with van der Waals surface area (Å²) in [7, 11) is 0. The molecule has 4 heteroatoms. The van der Waals surface area contributed by atoms with Crippen LogP contribution < -0.4 is 10.6 Å². The molecule has 2 amide bonds. The third-order valence-electron chi connectivity index (χ3n) is 3.29. The van der Waals surface area contributed by atoms with Crippen molar-refractivity contribution in [3.8, 4) is 0 Å². The zero-order valence-corrected chi connectivity index (χ0v) is 13.7. The Morgan fingerprint density at radius 3 is 2.45 bits per heavy atom. The van der Waals surface area contributed by atoms with Gasteiger partial charge in [0.05, 0.1) is 0 Å². The van der Waals surface area contributed by atoms with E-state index in [2.05, 4.69) is 17.6 Å². The van der Waals surface area contributed by atoms with Crippen LogP contribution in [0.25, 0.3) is 6.08 Å². The highest BCUT2D eigenvalue weighted by molar-refractivity contribution is 5.92. The Morgan fingerprint density at radius 2 is 1.86 bits per heavy atom. The van der Waals surface area contributed by atoms with Gasteiger partial charge in [-0.25, -0.2) is 0 Å². The average molecular weight is 302 g/mol. The first-order chi connectivity index (χ1) is 10.5. The molecule has 0 aliphatic rings. The maximum Gasteiger partial charge on any atom is 0.244 e. The Hall–Kier alpha value is -2.10. The SMILES string of the molecule is CCCCCC(C)NC(=O)/C=C/c1ccc(NC(C)=O)cc1. The Labute approximate surface area is 133 Å². The molecule has 0 aromatic heterocycles. The number of carbonyl (C=O) groups excluding carboxylic acids is 2. The van der Waals surface area contributed by atoms with Gasteiger partial charge in [0.15, 0.2) is 0 Å². The molecule has 4 nitrogen and oxygen atoms in total. The number of benzene rings is 1. The summed E-state index contributed by atoms with van der Waals surface area (Å²) < 4.78 is 0. The third kappa shape index (κ3) is 7.62. The molecule has 120 valence electrons. The van der Waals surface area contributed by atoms with E-state index in [0.717, 1.165) is 24.1 Å². The standard InChI is InChI=1S/C18H26N2O2/c1-4-5-6-7-14(2)19-18(22)13-10-16-8-11-17(12-9-16)20-15(3)21/h8-14H,4-7H2,1-3H3,(H,19,22)(H,20,21)/b13-10+. The highest BCUT2D eigenvalue weighted by Gasteiger charge is 2.03. The first-order valence-electron chi connectivity index (χ1n) is 7.87. The van der Waals surface area contributed by atoms with E-state index in [1.165, 1.54) is 19.8 Å². The number of carbonyl (C=O) groups is 2. The molecule has 1 unspecified atom stereocenters. The Kier molecular flexibility index (Phi) is 7.97. The number of unbranched alkanes of at least 4 members (excludes halogenated alkanes) is 2. The second kappa shape index (κ2) is 9.77. The van der Waals surface area contributed by atoms with E-state index in [1.807, 2.05) is 31.2 Å². The number of rotatable bonds is 8. The van der Waals surface area contributed by atoms with E-state index >= 15 is 0 Å². The minimum absolute atomic E-state index is 0.0741. The molecule has 0 aliphatic carbocycles. The second-order valence-corrected chi connectivity index (χ2v) is 5.54. The van der Waals surface area contributed by atoms with E-state index in [1.54, 1.807) is 12.2 Å². The van der Waals surface area contributed by atoms with E-state index < -0.39 is 0 Å². The van der Waals surface area contributed by atoms with E-state index in [4.69, 9.17) is 0 Å². The fraction of sp³-hybridized carbons (Fsp3) is 0.444. The minimum atomic E-state index is -0.0975. The van der Waals surface area contributed by atoms with E-state index in [9.17, 15) is 9.59 Å². The Balaban J connectivity index is 2.43. The zero-order chi connectivity index (χ0) is 16.4. The summed E-state index contributed by atoms with van der Waals surface area (Å²) in [6.07, 6.45) is 7.87. The molecule has 0 aliphatic heterocycles. The first-order valence-corrected chi connectivity index (χ1v) is 7.87. The summed E-state index contributed by atoms with van der Waals surface area (Å²) in [6.45, 7) is 5.67. The predicted octanol–water partition coefficient (Wildman–Crippen LogP) is 3.74. The van der Waals surface area contributed by atoms with Crippen molar-refractivity contribution in [2.75, 3.05) is 5.32 Å². The molecule has 2 N–H and O–H groups in total. The topological polar surface area (TPSA) is 58.2 Å². The predicted molar refractivity (Wildman–Crippen MR) is 91.5 cm³/mol. The van der Waals surface area contributed by atoms with Crippen LogP contribution in [0.2, 0.25) is 0 Å². The summed E-state index contributed by atoms with van der Waals surface area (Å²) in [4.78, 5) is 22.7. The largest absolute Gasteiger partial charge is 0.350 e. The quantitative estimate of drug-likeness (QED) is 0.567. The smallest absolute Gasteiger partial charge is 0.244 e. The van der Waals surface area contributed by atoms with Crippen molar-refractivity contribution in [3.63, 3.8) is 0 Å². The first kappa shape index (κ1) is 18.0. The van der Waals surface area contributed by atoms with Crippen molar-refractivity contribution in [1.29, 1.82) is 0 Å². The molecule has 1 atom stereocenters. The molecule has 1 rings (SSSR count). The number of anilines is 1. The molecule has 22 heavy (non-hydrogen) atoms. The molecule has 1 aromatic carbocycles. The van der Waals surface area contributed by atoms with Crippen molar-refractivity contribution < 1.29 is 9.59 Å². The molecule has 0 saturated heterocycles. The second-order valence-electron chi connectivity index (χ2n) is 5.54. The Bertz CT molecular complexity index is 506. The van der Waals surface area contributed by atoms with Crippen LogP contribution in [0, 0.1) is 0 Å². The molecule has 0 heterocycles. The number of amides is 2. The van der Waals surface area contributed by atoms with Crippen molar-refractivity contribution in [3.05, 3.63) is 35.9 Å². The third-order valence-corrected chi connectivity index (χ3v) is 3.29. The van der Waals surface area contributed by atoms with Crippen molar-refractivity contribution in [2.24, 2.45) is 0 Å². The lowest BCUT2D eigenvalue weighted by Gasteiger charge is -2.11. The number of hydrogen-bond donors (Lipinski definition) is 2. The van der Waals surface area contributed by atoms with Gasteiger partial charge in [-0.2, -0.15) is 0 Å². The molecular weight excluding hydrogens is 276 g/mol. The van der Waals surface area contributed by atoms with Gasteiger partial charge in [0.1, 0.15) is 0 Å². The fourth-order valence-electron chi connectivity index (χ4n) is 2.12. The van der Waals surface area contributed by atoms with E-state index in [-0.39, 0.29) is 17.9 Å². The normalized spacial score (nSPS) is 12.1. The van der Waals surface area contributed by atoms with Gasteiger partial charge < -0.3 is 10.6 Å². The maximum atomic E-state index is 11.8. The lowest BCUT2D eigenvalue weighted by molar-refractivity contribution is -0.117. The van der Waals surface area contributed by atoms with Crippen LogP contribution in [-0.2, 0) is 9.59 Å². The number of nitrogens with one attached hydrogen (secondary N) is 2. The molecule has 0 radical (unpaired) electrons. The molecule has 0 spiro atoms. The van der Waals surface area contributed by atoms with Crippen molar-refractivity contribution >= 4 is 23.6 Å². The van der Waals surface area contributed by atoms with Gasteiger partial charge in [-0.15, -0.1) is 0 Å². The summed E-state index contributed by atoms with van der Waals surface area (Å²) in [5.74, 6) is -0.172. The molecular formula is C18H26N2O2. The molecule has 0 saturated carbocycles. The van der Waals surface area contributed by atoms with E-state index in [0.29, 0.717) is 0 Å².